The second-order valence-corrected chi connectivity index (χ2v) is 4.40. The summed E-state index contributed by atoms with van der Waals surface area (Å²) in [6.07, 6.45) is 4.75. The molecule has 20 heavy (non-hydrogen) atoms. The zero-order chi connectivity index (χ0) is 14.2. The van der Waals surface area contributed by atoms with Crippen LogP contribution >= 0.6 is 12.2 Å². The lowest BCUT2D eigenvalue weighted by Crippen LogP contribution is -2.37. The molecule has 1 aromatic heterocycles. The summed E-state index contributed by atoms with van der Waals surface area (Å²) in [4.78, 5) is 11.6. The van der Waals surface area contributed by atoms with E-state index < -0.39 is 0 Å². The Morgan fingerprint density at radius 2 is 2.00 bits per heavy atom. The van der Waals surface area contributed by atoms with Gasteiger partial charge in [-0.3, -0.25) is 10.1 Å². The van der Waals surface area contributed by atoms with Crippen LogP contribution in [0, 0.1) is 0 Å². The Bertz CT molecular complexity index is 592. The van der Waals surface area contributed by atoms with Crippen molar-refractivity contribution in [2.24, 2.45) is 0 Å². The molecule has 1 heterocycles. The molecule has 4 nitrogen and oxygen atoms in total. The van der Waals surface area contributed by atoms with E-state index in [0.29, 0.717) is 6.54 Å². The van der Waals surface area contributed by atoms with Gasteiger partial charge in [0.15, 0.2) is 5.11 Å². The largest absolute Gasteiger partial charge is 0.467 e. The van der Waals surface area contributed by atoms with E-state index in [-0.39, 0.29) is 11.0 Å². The van der Waals surface area contributed by atoms with Crippen LogP contribution in [0.15, 0.2) is 59.2 Å². The van der Waals surface area contributed by atoms with Crippen LogP contribution in [0.2, 0.25) is 0 Å². The highest BCUT2D eigenvalue weighted by Crippen LogP contribution is 2.00. The fraction of sp³-hybridized carbons (Fsp3) is 0.0667. The fourth-order valence-electron chi connectivity index (χ4n) is 1.51. The lowest BCUT2D eigenvalue weighted by atomic mass is 10.2. The van der Waals surface area contributed by atoms with Gasteiger partial charge in [0.05, 0.1) is 12.8 Å². The number of amides is 1. The summed E-state index contributed by atoms with van der Waals surface area (Å²) in [5.74, 6) is 0.479. The van der Waals surface area contributed by atoms with E-state index in [0.717, 1.165) is 11.3 Å². The van der Waals surface area contributed by atoms with Crippen molar-refractivity contribution < 1.29 is 9.21 Å². The van der Waals surface area contributed by atoms with Gasteiger partial charge in [-0.05, 0) is 36.0 Å². The molecular formula is C15H14N2O2S. The second kappa shape index (κ2) is 7.25. The Labute approximate surface area is 122 Å². The van der Waals surface area contributed by atoms with Crippen molar-refractivity contribution in [1.29, 1.82) is 0 Å². The number of thiocarbonyl (C=S) groups is 1. The number of rotatable bonds is 4. The molecule has 1 amide bonds. The summed E-state index contributed by atoms with van der Waals surface area (Å²) in [6, 6.07) is 13.2. The van der Waals surface area contributed by atoms with Gasteiger partial charge in [-0.2, -0.15) is 0 Å². The number of nitrogens with one attached hydrogen (secondary N) is 2. The molecule has 0 radical (unpaired) electrons. The first kappa shape index (κ1) is 14.0. The smallest absolute Gasteiger partial charge is 0.250 e. The molecule has 0 bridgehead atoms. The van der Waals surface area contributed by atoms with E-state index in [1.807, 2.05) is 36.4 Å². The molecule has 0 aliphatic heterocycles. The standard InChI is InChI=1S/C15H14N2O2S/c18-14(9-8-12-5-2-1-3-6-12)17-15(20)16-11-13-7-4-10-19-13/h1-10H,11H2,(H2,16,17,18,20). The van der Waals surface area contributed by atoms with Crippen LogP contribution in [-0.2, 0) is 11.3 Å². The predicted molar refractivity (Wildman–Crippen MR) is 81.8 cm³/mol. The number of benzene rings is 1. The van der Waals surface area contributed by atoms with Crippen molar-refractivity contribution in [3.05, 3.63) is 66.1 Å². The van der Waals surface area contributed by atoms with E-state index in [1.165, 1.54) is 6.08 Å². The van der Waals surface area contributed by atoms with E-state index >= 15 is 0 Å². The van der Waals surface area contributed by atoms with Crippen molar-refractivity contribution in [2.75, 3.05) is 0 Å². The minimum absolute atomic E-state index is 0.268. The molecule has 0 unspecified atom stereocenters. The first-order chi connectivity index (χ1) is 9.74. The average Bonchev–Trinajstić information content (AvgIpc) is 2.97. The van der Waals surface area contributed by atoms with Gasteiger partial charge < -0.3 is 9.73 Å². The van der Waals surface area contributed by atoms with Crippen molar-refractivity contribution >= 4 is 29.3 Å². The quantitative estimate of drug-likeness (QED) is 0.670. The molecule has 2 rings (SSSR count). The number of carbonyl (C=O) groups excluding carboxylic acids is 1. The summed E-state index contributed by atoms with van der Waals surface area (Å²) in [6.45, 7) is 0.439. The molecule has 0 saturated heterocycles. The van der Waals surface area contributed by atoms with Crippen LogP contribution in [0.4, 0.5) is 0 Å². The van der Waals surface area contributed by atoms with Gasteiger partial charge >= 0.3 is 0 Å². The number of furan rings is 1. The summed E-state index contributed by atoms with van der Waals surface area (Å²) in [5.41, 5.74) is 0.956. The van der Waals surface area contributed by atoms with Gasteiger partial charge in [-0.15, -0.1) is 0 Å². The Hall–Kier alpha value is -2.40. The monoisotopic (exact) mass is 286 g/mol. The van der Waals surface area contributed by atoms with Gasteiger partial charge in [0.2, 0.25) is 5.91 Å². The van der Waals surface area contributed by atoms with Crippen LogP contribution in [-0.4, -0.2) is 11.0 Å². The highest BCUT2D eigenvalue weighted by molar-refractivity contribution is 7.80. The van der Waals surface area contributed by atoms with Gasteiger partial charge in [0.25, 0.3) is 0 Å². The zero-order valence-corrected chi connectivity index (χ0v) is 11.5. The lowest BCUT2D eigenvalue weighted by molar-refractivity contribution is -0.115. The minimum atomic E-state index is -0.272. The number of hydrogen-bond acceptors (Lipinski definition) is 3. The Balaban J connectivity index is 1.76. The van der Waals surface area contributed by atoms with E-state index in [9.17, 15) is 4.79 Å². The summed E-state index contributed by atoms with van der Waals surface area (Å²) < 4.78 is 5.15. The van der Waals surface area contributed by atoms with E-state index in [4.69, 9.17) is 16.6 Å². The molecule has 0 fully saturated rings. The molecule has 5 heteroatoms. The topological polar surface area (TPSA) is 54.3 Å². The van der Waals surface area contributed by atoms with E-state index in [1.54, 1.807) is 18.4 Å². The maximum Gasteiger partial charge on any atom is 0.250 e. The summed E-state index contributed by atoms with van der Waals surface area (Å²) >= 11 is 5.02. The Morgan fingerprint density at radius 3 is 2.70 bits per heavy atom. The Morgan fingerprint density at radius 1 is 1.20 bits per heavy atom. The van der Waals surface area contributed by atoms with Gasteiger partial charge in [-0.25, -0.2) is 0 Å². The van der Waals surface area contributed by atoms with Crippen LogP contribution in [0.3, 0.4) is 0 Å². The SMILES string of the molecule is O=C(C=Cc1ccccc1)NC(=S)NCc1ccco1. The molecule has 0 spiro atoms. The molecule has 0 aliphatic carbocycles. The summed E-state index contributed by atoms with van der Waals surface area (Å²) in [7, 11) is 0. The van der Waals surface area contributed by atoms with Gasteiger partial charge in [0.1, 0.15) is 5.76 Å². The third kappa shape index (κ3) is 4.70. The van der Waals surface area contributed by atoms with Crippen molar-refractivity contribution in [3.63, 3.8) is 0 Å². The maximum atomic E-state index is 11.6. The molecule has 102 valence electrons. The predicted octanol–water partition coefficient (Wildman–Crippen LogP) is 2.48. The van der Waals surface area contributed by atoms with Gasteiger partial charge in [-0.1, -0.05) is 30.3 Å². The molecule has 0 saturated carbocycles. The fourth-order valence-corrected chi connectivity index (χ4v) is 1.69. The molecule has 0 atom stereocenters. The van der Waals surface area contributed by atoms with Crippen LogP contribution < -0.4 is 10.6 Å². The van der Waals surface area contributed by atoms with Crippen molar-refractivity contribution in [3.8, 4) is 0 Å². The van der Waals surface area contributed by atoms with Crippen LogP contribution in [0.5, 0.6) is 0 Å². The van der Waals surface area contributed by atoms with Crippen LogP contribution in [0.1, 0.15) is 11.3 Å². The molecule has 0 aliphatic rings. The van der Waals surface area contributed by atoms with Crippen molar-refractivity contribution in [1.82, 2.24) is 10.6 Å². The molecule has 2 aromatic rings. The van der Waals surface area contributed by atoms with Crippen molar-refractivity contribution in [2.45, 2.75) is 6.54 Å². The first-order valence-electron chi connectivity index (χ1n) is 6.08. The first-order valence-corrected chi connectivity index (χ1v) is 6.49. The Kier molecular flexibility index (Phi) is 5.08. The van der Waals surface area contributed by atoms with Crippen LogP contribution in [0.25, 0.3) is 6.08 Å². The second-order valence-electron chi connectivity index (χ2n) is 4.00. The third-order valence-corrected chi connectivity index (χ3v) is 2.71. The van der Waals surface area contributed by atoms with E-state index in [2.05, 4.69) is 10.6 Å². The average molecular weight is 286 g/mol. The van der Waals surface area contributed by atoms with Gasteiger partial charge in [0, 0.05) is 6.08 Å². The highest BCUT2D eigenvalue weighted by atomic mass is 32.1. The normalized spacial score (nSPS) is 10.4. The zero-order valence-electron chi connectivity index (χ0n) is 10.7. The molecule has 1 aromatic carbocycles. The molecule has 2 N–H and O–H groups in total. The minimum Gasteiger partial charge on any atom is -0.467 e. The summed E-state index contributed by atoms with van der Waals surface area (Å²) in [5, 5.41) is 5.72. The molecular weight excluding hydrogens is 272 g/mol. The lowest BCUT2D eigenvalue weighted by Gasteiger charge is -2.06. The number of carbonyl (C=O) groups is 1. The third-order valence-electron chi connectivity index (χ3n) is 2.47. The maximum absolute atomic E-state index is 11.6. The highest BCUT2D eigenvalue weighted by Gasteiger charge is 2.01. The number of hydrogen-bond donors (Lipinski definition) is 2.